The maximum absolute atomic E-state index is 10.2. The highest BCUT2D eigenvalue weighted by atomic mass is 16.3. The van der Waals surface area contributed by atoms with E-state index in [1.54, 1.807) is 0 Å². The molecule has 0 heterocycles. The number of rotatable bonds is 0. The highest BCUT2D eigenvalue weighted by Crippen LogP contribution is 2.40. The Morgan fingerprint density at radius 1 is 0.962 bits per heavy atom. The van der Waals surface area contributed by atoms with Crippen molar-refractivity contribution in [3.63, 3.8) is 0 Å². The van der Waals surface area contributed by atoms with E-state index in [1.807, 2.05) is 26.0 Å². The molecule has 0 aromatic heterocycles. The minimum Gasteiger partial charge on any atom is -0.385 e. The Hall–Kier alpha value is -1.12. The maximum atomic E-state index is 10.2. The van der Waals surface area contributed by atoms with Crippen LogP contribution in [-0.4, -0.2) is 21.4 Å². The van der Waals surface area contributed by atoms with Crippen LogP contribution < -0.4 is 0 Å². The molecule has 2 rings (SSSR count). The van der Waals surface area contributed by atoms with E-state index in [9.17, 15) is 10.2 Å². The molecule has 0 bridgehead atoms. The van der Waals surface area contributed by atoms with E-state index in [0.717, 1.165) is 12.0 Å². The van der Waals surface area contributed by atoms with Gasteiger partial charge in [0.25, 0.3) is 0 Å². The molecule has 2 N–H and O–H groups in total. The lowest BCUT2D eigenvalue weighted by Gasteiger charge is -2.40. The molecule has 2 aliphatic rings. The normalized spacial score (nSPS) is 32.2. The molecule has 2 heteroatoms. The summed E-state index contributed by atoms with van der Waals surface area (Å²) in [5.74, 6) is 0.199. The van der Waals surface area contributed by atoms with Crippen LogP contribution in [0.15, 0.2) is 47.1 Å². The van der Waals surface area contributed by atoms with Gasteiger partial charge in [0.2, 0.25) is 0 Å². The molecule has 0 aromatic rings. The Morgan fingerprint density at radius 2 is 1.50 bits per heavy atom. The lowest BCUT2D eigenvalue weighted by molar-refractivity contribution is 0.0158. The summed E-state index contributed by atoms with van der Waals surface area (Å²) >= 11 is 0. The number of hydrogen-bond donors (Lipinski definition) is 2. The summed E-state index contributed by atoms with van der Waals surface area (Å²) in [6.45, 7) is 20.9. The van der Waals surface area contributed by atoms with Gasteiger partial charge in [-0.25, -0.2) is 0 Å². The minimum atomic E-state index is -0.697. The Labute approximate surface area is 161 Å². The fraction of sp³-hybridized carbons (Fsp3) is 0.667. The van der Waals surface area contributed by atoms with Crippen molar-refractivity contribution in [2.45, 2.75) is 86.9 Å². The highest BCUT2D eigenvalue weighted by molar-refractivity contribution is 5.36. The summed E-state index contributed by atoms with van der Waals surface area (Å²) in [4.78, 5) is 0. The van der Waals surface area contributed by atoms with E-state index in [-0.39, 0.29) is 16.7 Å². The second-order valence-electron chi connectivity index (χ2n) is 10.5. The predicted molar refractivity (Wildman–Crippen MR) is 113 cm³/mol. The molecule has 3 unspecified atom stereocenters. The minimum absolute atomic E-state index is 0.0546. The Balaban J connectivity index is 0.000000260. The Morgan fingerprint density at radius 3 is 1.88 bits per heavy atom. The Kier molecular flexibility index (Phi) is 6.59. The first kappa shape index (κ1) is 22.9. The molecular weight excluding hydrogens is 320 g/mol. The largest absolute Gasteiger partial charge is 0.385 e. The lowest BCUT2D eigenvalue weighted by atomic mass is 9.68. The van der Waals surface area contributed by atoms with E-state index in [4.69, 9.17) is 0 Å². The fourth-order valence-corrected chi connectivity index (χ4v) is 3.95. The van der Waals surface area contributed by atoms with Crippen LogP contribution >= 0.6 is 0 Å². The molecule has 0 aromatic carbocycles. The summed E-state index contributed by atoms with van der Waals surface area (Å²) in [6.07, 6.45) is 11.0. The van der Waals surface area contributed by atoms with Gasteiger partial charge in [0.1, 0.15) is 0 Å². The average Bonchev–Trinajstić information content (AvgIpc) is 2.43. The first-order valence-corrected chi connectivity index (χ1v) is 9.69. The van der Waals surface area contributed by atoms with Crippen molar-refractivity contribution < 1.29 is 10.2 Å². The van der Waals surface area contributed by atoms with Gasteiger partial charge in [-0.15, -0.1) is 0 Å². The SMILES string of the molecule is CC1=CC(C(C)(C)C)C(C)(O)C=C1.CC1=CCC(C)(O)C(C(C)(C)C)=C1. The fourth-order valence-electron chi connectivity index (χ4n) is 3.95. The van der Waals surface area contributed by atoms with Gasteiger partial charge in [0.05, 0.1) is 11.2 Å². The quantitative estimate of drug-likeness (QED) is 0.558. The van der Waals surface area contributed by atoms with Crippen LogP contribution in [0.4, 0.5) is 0 Å². The van der Waals surface area contributed by atoms with Crippen molar-refractivity contribution in [1.82, 2.24) is 0 Å². The molecule has 0 aliphatic heterocycles. The molecule has 0 saturated carbocycles. The van der Waals surface area contributed by atoms with E-state index >= 15 is 0 Å². The van der Waals surface area contributed by atoms with Crippen molar-refractivity contribution in [2.24, 2.45) is 16.7 Å². The summed E-state index contributed by atoms with van der Waals surface area (Å²) in [5, 5.41) is 20.3. The standard InChI is InChI=1S/2C12H20O/c2*1-9-6-7-12(5,13)10(8-9)11(2,3)4/h6,8,13H,7H2,1-5H3;6-8,10,13H,1-5H3. The monoisotopic (exact) mass is 360 g/mol. The summed E-state index contributed by atoms with van der Waals surface area (Å²) in [5.41, 5.74) is 2.45. The molecule has 0 fully saturated rings. The molecular formula is C24H40O2. The maximum Gasteiger partial charge on any atom is 0.0871 e. The van der Waals surface area contributed by atoms with Crippen molar-refractivity contribution in [2.75, 3.05) is 0 Å². The zero-order chi connectivity index (χ0) is 20.6. The van der Waals surface area contributed by atoms with E-state index in [2.05, 4.69) is 73.6 Å². The number of allylic oxidation sites excluding steroid dienone is 4. The zero-order valence-corrected chi connectivity index (χ0v) is 18.6. The second-order valence-corrected chi connectivity index (χ2v) is 10.5. The number of aliphatic hydroxyl groups is 2. The van der Waals surface area contributed by atoms with Gasteiger partial charge in [-0.05, 0) is 50.5 Å². The molecule has 2 nitrogen and oxygen atoms in total. The van der Waals surface area contributed by atoms with Gasteiger partial charge in [-0.2, -0.15) is 0 Å². The Bertz CT molecular complexity index is 624. The van der Waals surface area contributed by atoms with Gasteiger partial charge < -0.3 is 10.2 Å². The van der Waals surface area contributed by atoms with Gasteiger partial charge in [-0.1, -0.05) is 83.1 Å². The third kappa shape index (κ3) is 5.96. The van der Waals surface area contributed by atoms with Crippen molar-refractivity contribution in [1.29, 1.82) is 0 Å². The summed E-state index contributed by atoms with van der Waals surface area (Å²) in [6, 6.07) is 0. The zero-order valence-electron chi connectivity index (χ0n) is 18.6. The van der Waals surface area contributed by atoms with E-state index in [1.165, 1.54) is 11.1 Å². The second kappa shape index (κ2) is 7.48. The third-order valence-electron chi connectivity index (χ3n) is 5.26. The molecule has 0 radical (unpaired) electrons. The number of hydrogen-bond acceptors (Lipinski definition) is 2. The van der Waals surface area contributed by atoms with Crippen molar-refractivity contribution in [3.05, 3.63) is 47.1 Å². The van der Waals surface area contributed by atoms with Gasteiger partial charge >= 0.3 is 0 Å². The van der Waals surface area contributed by atoms with Crippen LogP contribution in [-0.2, 0) is 0 Å². The highest BCUT2D eigenvalue weighted by Gasteiger charge is 2.38. The van der Waals surface area contributed by atoms with Crippen molar-refractivity contribution >= 4 is 0 Å². The first-order valence-electron chi connectivity index (χ1n) is 9.69. The van der Waals surface area contributed by atoms with E-state index in [0.29, 0.717) is 0 Å². The molecule has 26 heavy (non-hydrogen) atoms. The van der Waals surface area contributed by atoms with Crippen LogP contribution in [0.2, 0.25) is 0 Å². The summed E-state index contributed by atoms with van der Waals surface area (Å²) in [7, 11) is 0. The lowest BCUT2D eigenvalue weighted by Crippen LogP contribution is -2.40. The van der Waals surface area contributed by atoms with Gasteiger partial charge in [0.15, 0.2) is 0 Å². The van der Waals surface area contributed by atoms with Crippen LogP contribution in [0, 0.1) is 16.7 Å². The molecule has 2 aliphatic carbocycles. The molecule has 148 valence electrons. The van der Waals surface area contributed by atoms with Gasteiger partial charge in [-0.3, -0.25) is 0 Å². The van der Waals surface area contributed by atoms with Crippen molar-refractivity contribution in [3.8, 4) is 0 Å². The third-order valence-corrected chi connectivity index (χ3v) is 5.26. The first-order chi connectivity index (χ1) is 11.5. The smallest absolute Gasteiger partial charge is 0.0871 e. The van der Waals surface area contributed by atoms with E-state index < -0.39 is 11.2 Å². The molecule has 0 amide bonds. The molecule has 3 atom stereocenters. The molecule has 0 spiro atoms. The van der Waals surface area contributed by atoms with Crippen LogP contribution in [0.3, 0.4) is 0 Å². The predicted octanol–water partition coefficient (Wildman–Crippen LogP) is 5.98. The summed E-state index contributed by atoms with van der Waals surface area (Å²) < 4.78 is 0. The molecule has 0 saturated heterocycles. The van der Waals surface area contributed by atoms with Crippen LogP contribution in [0.1, 0.15) is 75.7 Å². The topological polar surface area (TPSA) is 40.5 Å². The van der Waals surface area contributed by atoms with Gasteiger partial charge in [0, 0.05) is 5.92 Å². The van der Waals surface area contributed by atoms with Crippen LogP contribution in [0.25, 0.3) is 0 Å². The average molecular weight is 361 g/mol. The van der Waals surface area contributed by atoms with Crippen LogP contribution in [0.5, 0.6) is 0 Å².